The van der Waals surface area contributed by atoms with Crippen LogP contribution in [0.1, 0.15) is 0 Å². The van der Waals surface area contributed by atoms with Gasteiger partial charge in [-0.25, -0.2) is 4.79 Å². The molecule has 0 unspecified atom stereocenters. The molecule has 2 heterocycles. The topological polar surface area (TPSA) is 71.3 Å². The van der Waals surface area contributed by atoms with Crippen molar-refractivity contribution in [2.45, 2.75) is 0 Å². The molecule has 19 heavy (non-hydrogen) atoms. The van der Waals surface area contributed by atoms with Gasteiger partial charge in [0.1, 0.15) is 6.33 Å². The van der Waals surface area contributed by atoms with Crippen LogP contribution in [-0.4, -0.2) is 20.6 Å². The van der Waals surface area contributed by atoms with Crippen molar-refractivity contribution in [3.63, 3.8) is 0 Å². The number of nitrogens with one attached hydrogen (secondary N) is 2. The number of benzene rings is 1. The second-order valence-corrected chi connectivity index (χ2v) is 3.96. The number of carbonyl (C=O) groups is 1. The van der Waals surface area contributed by atoms with Crippen molar-refractivity contribution in [3.8, 4) is 0 Å². The van der Waals surface area contributed by atoms with Gasteiger partial charge in [-0.15, -0.1) is 10.2 Å². The third-order valence-corrected chi connectivity index (χ3v) is 2.58. The molecule has 0 aliphatic heterocycles. The average molecular weight is 253 g/mol. The average Bonchev–Trinajstić information content (AvgIpc) is 2.87. The van der Waals surface area contributed by atoms with Crippen molar-refractivity contribution >= 4 is 23.1 Å². The van der Waals surface area contributed by atoms with E-state index in [9.17, 15) is 4.79 Å². The lowest BCUT2D eigenvalue weighted by atomic mass is 10.3. The second kappa shape index (κ2) is 4.77. The Hall–Kier alpha value is -2.89. The fourth-order valence-electron chi connectivity index (χ4n) is 1.72. The van der Waals surface area contributed by atoms with E-state index in [1.54, 1.807) is 29.1 Å². The van der Waals surface area contributed by atoms with Crippen LogP contribution in [0.5, 0.6) is 0 Å². The molecule has 0 saturated heterocycles. The Balaban J connectivity index is 1.72. The summed E-state index contributed by atoms with van der Waals surface area (Å²) in [7, 11) is 0. The smallest absolute Gasteiger partial charge is 0.308 e. The van der Waals surface area contributed by atoms with Crippen molar-refractivity contribution < 1.29 is 4.79 Å². The Morgan fingerprint density at radius 3 is 2.63 bits per heavy atom. The summed E-state index contributed by atoms with van der Waals surface area (Å²) in [5.41, 5.74) is 2.14. The van der Waals surface area contributed by atoms with E-state index < -0.39 is 0 Å². The van der Waals surface area contributed by atoms with Crippen LogP contribution in [0.2, 0.25) is 0 Å². The van der Waals surface area contributed by atoms with Gasteiger partial charge in [0.2, 0.25) is 0 Å². The molecule has 6 heteroatoms. The van der Waals surface area contributed by atoms with E-state index in [0.717, 1.165) is 11.3 Å². The molecule has 94 valence electrons. The molecule has 3 aromatic rings. The van der Waals surface area contributed by atoms with E-state index in [1.807, 2.05) is 30.3 Å². The monoisotopic (exact) mass is 253 g/mol. The Morgan fingerprint density at radius 1 is 1.00 bits per heavy atom. The number of hydrogen-bond donors (Lipinski definition) is 2. The molecule has 0 radical (unpaired) electrons. The summed E-state index contributed by atoms with van der Waals surface area (Å²) in [6, 6.07) is 12.5. The van der Waals surface area contributed by atoms with E-state index >= 15 is 0 Å². The van der Waals surface area contributed by atoms with Crippen LogP contribution >= 0.6 is 0 Å². The number of pyridine rings is 1. The first-order valence-electron chi connectivity index (χ1n) is 5.74. The Bertz CT molecular complexity index is 707. The van der Waals surface area contributed by atoms with Gasteiger partial charge < -0.3 is 10.6 Å². The van der Waals surface area contributed by atoms with Crippen LogP contribution < -0.4 is 10.6 Å². The Labute approximate surface area is 109 Å². The fourth-order valence-corrected chi connectivity index (χ4v) is 1.72. The summed E-state index contributed by atoms with van der Waals surface area (Å²) in [5, 5.41) is 13.2. The minimum atomic E-state index is -0.293. The van der Waals surface area contributed by atoms with Gasteiger partial charge in [-0.05, 0) is 24.3 Å². The molecule has 0 aliphatic carbocycles. The molecule has 0 aliphatic rings. The van der Waals surface area contributed by atoms with Crippen LogP contribution in [-0.2, 0) is 0 Å². The lowest BCUT2D eigenvalue weighted by molar-refractivity contribution is 0.262. The zero-order chi connectivity index (χ0) is 13.1. The number of amides is 2. The zero-order valence-corrected chi connectivity index (χ0v) is 9.95. The molecule has 0 saturated carbocycles. The highest BCUT2D eigenvalue weighted by Crippen LogP contribution is 2.10. The molecular weight excluding hydrogens is 242 g/mol. The highest BCUT2D eigenvalue weighted by atomic mass is 16.2. The van der Waals surface area contributed by atoms with Crippen LogP contribution in [0.25, 0.3) is 5.65 Å². The lowest BCUT2D eigenvalue weighted by Crippen LogP contribution is -2.19. The normalized spacial score (nSPS) is 10.3. The number of para-hydroxylation sites is 1. The molecule has 0 fully saturated rings. The summed E-state index contributed by atoms with van der Waals surface area (Å²) < 4.78 is 1.73. The number of fused-ring (bicyclic) bond motifs is 1. The molecule has 6 nitrogen and oxygen atoms in total. The van der Waals surface area contributed by atoms with E-state index in [-0.39, 0.29) is 6.03 Å². The number of aromatic nitrogens is 3. The van der Waals surface area contributed by atoms with Gasteiger partial charge in [0.05, 0.1) is 5.69 Å². The summed E-state index contributed by atoms with van der Waals surface area (Å²) in [6.07, 6.45) is 3.33. The van der Waals surface area contributed by atoms with Gasteiger partial charge in [0.25, 0.3) is 0 Å². The first-order chi connectivity index (χ1) is 9.31. The van der Waals surface area contributed by atoms with Gasteiger partial charge in [0.15, 0.2) is 5.65 Å². The maximum Gasteiger partial charge on any atom is 0.323 e. The van der Waals surface area contributed by atoms with Crippen molar-refractivity contribution in [1.29, 1.82) is 0 Å². The maximum absolute atomic E-state index is 11.8. The van der Waals surface area contributed by atoms with Crippen molar-refractivity contribution in [2.24, 2.45) is 0 Å². The Kier molecular flexibility index (Phi) is 2.82. The molecule has 2 N–H and O–H groups in total. The largest absolute Gasteiger partial charge is 0.323 e. The number of hydrogen-bond acceptors (Lipinski definition) is 3. The first kappa shape index (κ1) is 11.2. The van der Waals surface area contributed by atoms with E-state index in [2.05, 4.69) is 20.8 Å². The highest BCUT2D eigenvalue weighted by Gasteiger charge is 2.03. The van der Waals surface area contributed by atoms with Crippen LogP contribution in [0.15, 0.2) is 55.0 Å². The number of carbonyl (C=O) groups excluding carboxylic acids is 1. The van der Waals surface area contributed by atoms with Crippen LogP contribution in [0.3, 0.4) is 0 Å². The molecule has 0 bridgehead atoms. The summed E-state index contributed by atoms with van der Waals surface area (Å²) in [4.78, 5) is 11.8. The van der Waals surface area contributed by atoms with Crippen molar-refractivity contribution in [2.75, 3.05) is 10.6 Å². The SMILES string of the molecule is O=C(Nc1ccccc1)Nc1ccc2nncn2c1. The highest BCUT2D eigenvalue weighted by molar-refractivity contribution is 5.99. The molecular formula is C13H11N5O. The van der Waals surface area contributed by atoms with E-state index in [0.29, 0.717) is 5.69 Å². The van der Waals surface area contributed by atoms with Gasteiger partial charge in [-0.3, -0.25) is 4.40 Å². The molecule has 2 aromatic heterocycles. The summed E-state index contributed by atoms with van der Waals surface area (Å²) in [5.74, 6) is 0. The summed E-state index contributed by atoms with van der Waals surface area (Å²) >= 11 is 0. The molecule has 2 amide bonds. The third-order valence-electron chi connectivity index (χ3n) is 2.58. The fraction of sp³-hybridized carbons (Fsp3) is 0. The molecule has 0 atom stereocenters. The third kappa shape index (κ3) is 2.52. The van der Waals surface area contributed by atoms with Gasteiger partial charge in [0, 0.05) is 11.9 Å². The predicted octanol–water partition coefficient (Wildman–Crippen LogP) is 2.37. The predicted molar refractivity (Wildman–Crippen MR) is 72.1 cm³/mol. The number of urea groups is 1. The van der Waals surface area contributed by atoms with Gasteiger partial charge in [-0.2, -0.15) is 0 Å². The first-order valence-corrected chi connectivity index (χ1v) is 5.74. The lowest BCUT2D eigenvalue weighted by Gasteiger charge is -2.07. The summed E-state index contributed by atoms with van der Waals surface area (Å²) in [6.45, 7) is 0. The van der Waals surface area contributed by atoms with Gasteiger partial charge in [-0.1, -0.05) is 18.2 Å². The number of anilines is 2. The van der Waals surface area contributed by atoms with Crippen LogP contribution in [0.4, 0.5) is 16.2 Å². The number of nitrogens with zero attached hydrogens (tertiary/aromatic N) is 3. The molecule has 3 rings (SSSR count). The number of rotatable bonds is 2. The van der Waals surface area contributed by atoms with E-state index in [4.69, 9.17) is 0 Å². The molecule has 1 aromatic carbocycles. The Morgan fingerprint density at radius 2 is 1.79 bits per heavy atom. The minimum Gasteiger partial charge on any atom is -0.308 e. The van der Waals surface area contributed by atoms with Crippen molar-refractivity contribution in [3.05, 3.63) is 55.0 Å². The van der Waals surface area contributed by atoms with Gasteiger partial charge >= 0.3 is 6.03 Å². The molecule has 0 spiro atoms. The minimum absolute atomic E-state index is 0.293. The zero-order valence-electron chi connectivity index (χ0n) is 9.95. The standard InChI is InChI=1S/C13H11N5O/c19-13(15-10-4-2-1-3-5-10)16-11-6-7-12-17-14-9-18(12)8-11/h1-9H,(H2,15,16,19). The van der Waals surface area contributed by atoms with E-state index in [1.165, 1.54) is 0 Å². The van der Waals surface area contributed by atoms with Crippen LogP contribution in [0, 0.1) is 0 Å². The van der Waals surface area contributed by atoms with Crippen molar-refractivity contribution in [1.82, 2.24) is 14.6 Å². The second-order valence-electron chi connectivity index (χ2n) is 3.96. The quantitative estimate of drug-likeness (QED) is 0.736. The maximum atomic E-state index is 11.8.